The van der Waals surface area contributed by atoms with Crippen LogP contribution in [0.25, 0.3) is 0 Å². The fourth-order valence-electron chi connectivity index (χ4n) is 4.98. The molecule has 2 fully saturated rings. The van der Waals surface area contributed by atoms with Crippen molar-refractivity contribution in [2.45, 2.75) is 45.6 Å². The number of aryl methyl sites for hydroxylation is 1. The summed E-state index contributed by atoms with van der Waals surface area (Å²) in [4.78, 5) is 5.02. The Bertz CT molecular complexity index is 876. The molecule has 2 heterocycles. The zero-order valence-corrected chi connectivity index (χ0v) is 17.5. The van der Waals surface area contributed by atoms with Crippen molar-refractivity contribution < 1.29 is 0 Å². The van der Waals surface area contributed by atoms with Gasteiger partial charge in [0.2, 0.25) is 0 Å². The molecule has 4 heteroatoms. The van der Waals surface area contributed by atoms with Crippen LogP contribution >= 0.6 is 11.6 Å². The fraction of sp³-hybridized carbons (Fsp3) is 0.458. The molecule has 3 nitrogen and oxygen atoms in total. The molecule has 1 spiro atoms. The maximum absolute atomic E-state index is 9.12. The van der Waals surface area contributed by atoms with Gasteiger partial charge in [0.15, 0.2) is 0 Å². The van der Waals surface area contributed by atoms with Crippen LogP contribution in [0.1, 0.15) is 44.2 Å². The standard InChI is InChI=1S/C24H28ClN3/c1-3-19-4-7-21(8-5-19)27-12-10-24(11-13-27)15-18(2)28(17-24)22-9-6-20(16-26)23(25)14-22/h4-9,14,18H,3,10-13,15,17H2,1-2H3. The first-order valence-electron chi connectivity index (χ1n) is 10.3. The first-order chi connectivity index (χ1) is 13.5. The molecule has 1 atom stereocenters. The lowest BCUT2D eigenvalue weighted by Crippen LogP contribution is -2.41. The topological polar surface area (TPSA) is 30.3 Å². The molecule has 4 rings (SSSR count). The summed E-state index contributed by atoms with van der Waals surface area (Å²) in [6.07, 6.45) is 4.78. The van der Waals surface area contributed by atoms with Gasteiger partial charge in [-0.1, -0.05) is 30.7 Å². The molecule has 2 aromatic carbocycles. The number of nitrogens with zero attached hydrogens (tertiary/aromatic N) is 3. The van der Waals surface area contributed by atoms with Crippen molar-refractivity contribution in [1.82, 2.24) is 0 Å². The highest BCUT2D eigenvalue weighted by Crippen LogP contribution is 2.45. The monoisotopic (exact) mass is 393 g/mol. The molecule has 2 aliphatic heterocycles. The molecule has 28 heavy (non-hydrogen) atoms. The molecule has 2 aliphatic rings. The number of hydrogen-bond acceptors (Lipinski definition) is 3. The van der Waals surface area contributed by atoms with Gasteiger partial charge in [-0.15, -0.1) is 0 Å². The number of piperidine rings is 1. The Labute approximate surface area is 173 Å². The Kier molecular flexibility index (Phi) is 5.25. The van der Waals surface area contributed by atoms with E-state index in [1.165, 1.54) is 30.5 Å². The molecule has 146 valence electrons. The van der Waals surface area contributed by atoms with Crippen molar-refractivity contribution in [3.8, 4) is 6.07 Å². The van der Waals surface area contributed by atoms with E-state index in [0.717, 1.165) is 31.7 Å². The van der Waals surface area contributed by atoms with Crippen molar-refractivity contribution in [2.24, 2.45) is 5.41 Å². The third kappa shape index (κ3) is 3.59. The average Bonchev–Trinajstić information content (AvgIpc) is 3.04. The molecule has 0 aromatic heterocycles. The van der Waals surface area contributed by atoms with Crippen molar-refractivity contribution in [3.05, 3.63) is 58.6 Å². The lowest BCUT2D eigenvalue weighted by molar-refractivity contribution is 0.245. The van der Waals surface area contributed by atoms with E-state index in [1.807, 2.05) is 18.2 Å². The van der Waals surface area contributed by atoms with Crippen LogP contribution in [0.15, 0.2) is 42.5 Å². The highest BCUT2D eigenvalue weighted by atomic mass is 35.5. The molecule has 0 N–H and O–H groups in total. The highest BCUT2D eigenvalue weighted by Gasteiger charge is 2.44. The van der Waals surface area contributed by atoms with E-state index in [-0.39, 0.29) is 0 Å². The SMILES string of the molecule is CCc1ccc(N2CCC3(CC2)CC(C)N(c2ccc(C#N)c(Cl)c2)C3)cc1. The normalized spacial score (nSPS) is 21.1. The maximum Gasteiger partial charge on any atom is 0.101 e. The molecule has 2 saturated heterocycles. The first-order valence-corrected chi connectivity index (χ1v) is 10.7. The summed E-state index contributed by atoms with van der Waals surface area (Å²) >= 11 is 6.29. The first kappa shape index (κ1) is 19.2. The van der Waals surface area contributed by atoms with Gasteiger partial charge in [0.25, 0.3) is 0 Å². The van der Waals surface area contributed by atoms with E-state index in [0.29, 0.717) is 22.0 Å². The summed E-state index contributed by atoms with van der Waals surface area (Å²) < 4.78 is 0. The van der Waals surface area contributed by atoms with Crippen molar-refractivity contribution in [1.29, 1.82) is 5.26 Å². The molecule has 0 bridgehead atoms. The van der Waals surface area contributed by atoms with Gasteiger partial charge in [-0.2, -0.15) is 5.26 Å². The zero-order valence-electron chi connectivity index (χ0n) is 16.8. The zero-order chi connectivity index (χ0) is 19.7. The second-order valence-electron chi connectivity index (χ2n) is 8.46. The van der Waals surface area contributed by atoms with Gasteiger partial charge < -0.3 is 9.80 Å². The minimum Gasteiger partial charge on any atom is -0.371 e. The van der Waals surface area contributed by atoms with Crippen molar-refractivity contribution in [2.75, 3.05) is 29.4 Å². The molecule has 0 aliphatic carbocycles. The highest BCUT2D eigenvalue weighted by molar-refractivity contribution is 6.32. The summed E-state index contributed by atoms with van der Waals surface area (Å²) in [5.74, 6) is 0. The number of rotatable bonds is 3. The minimum absolute atomic E-state index is 0.389. The van der Waals surface area contributed by atoms with Crippen LogP contribution in [0, 0.1) is 16.7 Å². The summed E-state index contributed by atoms with van der Waals surface area (Å²) in [5.41, 5.74) is 4.84. The predicted octanol–water partition coefficient (Wildman–Crippen LogP) is 5.66. The van der Waals surface area contributed by atoms with Gasteiger partial charge >= 0.3 is 0 Å². The minimum atomic E-state index is 0.389. The van der Waals surface area contributed by atoms with E-state index in [1.54, 1.807) is 0 Å². The Morgan fingerprint density at radius 3 is 2.39 bits per heavy atom. The van der Waals surface area contributed by atoms with Gasteiger partial charge in [-0.05, 0) is 73.9 Å². The second-order valence-corrected chi connectivity index (χ2v) is 8.87. The van der Waals surface area contributed by atoms with Gasteiger partial charge in [-0.3, -0.25) is 0 Å². The van der Waals surface area contributed by atoms with Gasteiger partial charge in [0.1, 0.15) is 6.07 Å². The molecule has 0 amide bonds. The van der Waals surface area contributed by atoms with E-state index >= 15 is 0 Å². The van der Waals surface area contributed by atoms with Crippen LogP contribution in [0.2, 0.25) is 5.02 Å². The third-order valence-electron chi connectivity index (χ3n) is 6.70. The number of nitriles is 1. The van der Waals surface area contributed by atoms with Gasteiger partial charge in [0.05, 0.1) is 10.6 Å². The Morgan fingerprint density at radius 1 is 1.11 bits per heavy atom. The van der Waals surface area contributed by atoms with Crippen LogP contribution in [0.5, 0.6) is 0 Å². The van der Waals surface area contributed by atoms with Gasteiger partial charge in [-0.25, -0.2) is 0 Å². The summed E-state index contributed by atoms with van der Waals surface area (Å²) in [6, 6.07) is 17.6. The van der Waals surface area contributed by atoms with Crippen LogP contribution < -0.4 is 9.80 Å². The summed E-state index contributed by atoms with van der Waals surface area (Å²) in [5, 5.41) is 9.67. The second kappa shape index (κ2) is 7.68. The Morgan fingerprint density at radius 2 is 1.79 bits per heavy atom. The number of halogens is 1. The van der Waals surface area contributed by atoms with Crippen LogP contribution in [-0.4, -0.2) is 25.7 Å². The Balaban J connectivity index is 1.44. The largest absolute Gasteiger partial charge is 0.371 e. The lowest BCUT2D eigenvalue weighted by Gasteiger charge is -2.40. The summed E-state index contributed by atoms with van der Waals surface area (Å²) in [7, 11) is 0. The van der Waals surface area contributed by atoms with E-state index in [9.17, 15) is 0 Å². The lowest BCUT2D eigenvalue weighted by atomic mass is 9.76. The number of benzene rings is 2. The van der Waals surface area contributed by atoms with Crippen LogP contribution in [-0.2, 0) is 6.42 Å². The predicted molar refractivity (Wildman–Crippen MR) is 117 cm³/mol. The third-order valence-corrected chi connectivity index (χ3v) is 7.02. The molecule has 2 aromatic rings. The molecule has 0 saturated carbocycles. The number of hydrogen-bond donors (Lipinski definition) is 0. The molecule has 0 radical (unpaired) electrons. The molecule has 1 unspecified atom stereocenters. The van der Waals surface area contributed by atoms with Crippen molar-refractivity contribution >= 4 is 23.0 Å². The number of anilines is 2. The van der Waals surface area contributed by atoms with E-state index in [4.69, 9.17) is 16.9 Å². The van der Waals surface area contributed by atoms with Crippen LogP contribution in [0.4, 0.5) is 11.4 Å². The van der Waals surface area contributed by atoms with Gasteiger partial charge in [0, 0.05) is 37.1 Å². The quantitative estimate of drug-likeness (QED) is 0.674. The van der Waals surface area contributed by atoms with Crippen LogP contribution in [0.3, 0.4) is 0 Å². The smallest absolute Gasteiger partial charge is 0.101 e. The summed E-state index contributed by atoms with van der Waals surface area (Å²) in [6.45, 7) is 7.85. The molecular weight excluding hydrogens is 366 g/mol. The van der Waals surface area contributed by atoms with E-state index < -0.39 is 0 Å². The van der Waals surface area contributed by atoms with Crippen molar-refractivity contribution in [3.63, 3.8) is 0 Å². The Hall–Kier alpha value is -2.18. The maximum atomic E-state index is 9.12. The van der Waals surface area contributed by atoms with E-state index in [2.05, 4.69) is 54.0 Å². The fourth-order valence-corrected chi connectivity index (χ4v) is 5.20. The molecular formula is C24H28ClN3. The average molecular weight is 394 g/mol.